The lowest BCUT2D eigenvalue weighted by Gasteiger charge is -2.35. The van der Waals surface area contributed by atoms with E-state index in [0.29, 0.717) is 5.92 Å². The Balaban J connectivity index is 2.29. The highest BCUT2D eigenvalue weighted by Gasteiger charge is 2.30. The number of halogens is 2. The van der Waals surface area contributed by atoms with Gasteiger partial charge in [0.2, 0.25) is 0 Å². The molecule has 1 aromatic rings. The first-order chi connectivity index (χ1) is 7.74. The number of rotatable bonds is 4. The molecular formula is C13H17BrFN. The molecule has 1 saturated carbocycles. The third kappa shape index (κ3) is 2.30. The second-order valence-corrected chi connectivity index (χ2v) is 5.22. The molecule has 1 nitrogen and oxygen atoms in total. The lowest BCUT2D eigenvalue weighted by atomic mass is 9.77. The Morgan fingerprint density at radius 2 is 2.25 bits per heavy atom. The monoisotopic (exact) mass is 285 g/mol. The third-order valence-corrected chi connectivity index (χ3v) is 4.05. The van der Waals surface area contributed by atoms with Crippen LogP contribution in [0.3, 0.4) is 0 Å². The van der Waals surface area contributed by atoms with Crippen LogP contribution in [0, 0.1) is 11.7 Å². The quantitative estimate of drug-likeness (QED) is 0.881. The van der Waals surface area contributed by atoms with Crippen molar-refractivity contribution in [2.24, 2.45) is 5.92 Å². The third-order valence-electron chi connectivity index (χ3n) is 3.36. The zero-order chi connectivity index (χ0) is 11.5. The summed E-state index contributed by atoms with van der Waals surface area (Å²) in [5.41, 5.74) is 0.800. The molecule has 1 aliphatic rings. The Labute approximate surface area is 105 Å². The van der Waals surface area contributed by atoms with Gasteiger partial charge in [-0.2, -0.15) is 0 Å². The minimum absolute atomic E-state index is 0.104. The van der Waals surface area contributed by atoms with E-state index in [-0.39, 0.29) is 11.9 Å². The molecule has 0 saturated heterocycles. The van der Waals surface area contributed by atoms with Crippen LogP contribution in [0.25, 0.3) is 0 Å². The van der Waals surface area contributed by atoms with Gasteiger partial charge in [-0.1, -0.05) is 35.3 Å². The van der Waals surface area contributed by atoms with E-state index in [1.807, 2.05) is 6.07 Å². The molecule has 1 fully saturated rings. The van der Waals surface area contributed by atoms with Crippen LogP contribution in [0.1, 0.15) is 37.8 Å². The summed E-state index contributed by atoms with van der Waals surface area (Å²) in [6, 6.07) is 5.37. The predicted octanol–water partition coefficient (Wildman–Crippen LogP) is 4.04. The van der Waals surface area contributed by atoms with Crippen LogP contribution in [0.15, 0.2) is 22.7 Å². The standard InChI is InChI=1S/C13H17BrFN/c1-2-16-13(9-5-3-6-9)12-10(14)7-4-8-11(12)15/h4,7-9,13,16H,2-3,5-6H2,1H3. The molecule has 1 atom stereocenters. The molecule has 1 unspecified atom stereocenters. The minimum atomic E-state index is -0.104. The molecule has 1 aliphatic carbocycles. The van der Waals surface area contributed by atoms with E-state index < -0.39 is 0 Å². The highest BCUT2D eigenvalue weighted by atomic mass is 79.9. The summed E-state index contributed by atoms with van der Waals surface area (Å²) in [6.07, 6.45) is 3.69. The largest absolute Gasteiger partial charge is 0.310 e. The van der Waals surface area contributed by atoms with Crippen LogP contribution in [0.2, 0.25) is 0 Å². The first-order valence-corrected chi connectivity index (χ1v) is 6.70. The Morgan fingerprint density at radius 1 is 1.50 bits per heavy atom. The molecular weight excluding hydrogens is 269 g/mol. The van der Waals surface area contributed by atoms with Gasteiger partial charge in [0.05, 0.1) is 0 Å². The SMILES string of the molecule is CCNC(c1c(F)cccc1Br)C1CCC1. The molecule has 1 N–H and O–H groups in total. The van der Waals surface area contributed by atoms with Crippen molar-refractivity contribution in [2.75, 3.05) is 6.54 Å². The highest BCUT2D eigenvalue weighted by molar-refractivity contribution is 9.10. The average Bonchev–Trinajstić information content (AvgIpc) is 2.14. The molecule has 0 amide bonds. The smallest absolute Gasteiger partial charge is 0.129 e. The summed E-state index contributed by atoms with van der Waals surface area (Å²) in [6.45, 7) is 2.95. The van der Waals surface area contributed by atoms with Gasteiger partial charge in [-0.15, -0.1) is 0 Å². The molecule has 0 heterocycles. The van der Waals surface area contributed by atoms with Crippen molar-refractivity contribution in [1.29, 1.82) is 0 Å². The van der Waals surface area contributed by atoms with Gasteiger partial charge in [0.1, 0.15) is 5.82 Å². The summed E-state index contributed by atoms with van der Waals surface area (Å²) in [4.78, 5) is 0. The van der Waals surface area contributed by atoms with E-state index in [4.69, 9.17) is 0 Å². The topological polar surface area (TPSA) is 12.0 Å². The number of benzene rings is 1. The molecule has 2 rings (SSSR count). The Bertz CT molecular complexity index is 343. The van der Waals surface area contributed by atoms with E-state index in [1.54, 1.807) is 12.1 Å². The maximum absolute atomic E-state index is 13.9. The fraction of sp³-hybridized carbons (Fsp3) is 0.538. The van der Waals surface area contributed by atoms with Crippen LogP contribution >= 0.6 is 15.9 Å². The summed E-state index contributed by atoms with van der Waals surface area (Å²) in [5.74, 6) is 0.486. The van der Waals surface area contributed by atoms with E-state index in [1.165, 1.54) is 19.3 Å². The van der Waals surface area contributed by atoms with Crippen molar-refractivity contribution < 1.29 is 4.39 Å². The van der Waals surface area contributed by atoms with Gasteiger partial charge in [0, 0.05) is 16.1 Å². The van der Waals surface area contributed by atoms with Gasteiger partial charge in [-0.25, -0.2) is 4.39 Å². The Hall–Kier alpha value is -0.410. The van der Waals surface area contributed by atoms with Crippen LogP contribution in [-0.4, -0.2) is 6.54 Å². The van der Waals surface area contributed by atoms with Crippen LogP contribution in [0.4, 0.5) is 4.39 Å². The first kappa shape index (κ1) is 12.1. The number of nitrogens with one attached hydrogen (secondary N) is 1. The van der Waals surface area contributed by atoms with Gasteiger partial charge in [0.15, 0.2) is 0 Å². The van der Waals surface area contributed by atoms with Gasteiger partial charge in [-0.3, -0.25) is 0 Å². The van der Waals surface area contributed by atoms with Gasteiger partial charge in [-0.05, 0) is 37.4 Å². The lowest BCUT2D eigenvalue weighted by Crippen LogP contribution is -2.33. The number of hydrogen-bond donors (Lipinski definition) is 1. The molecule has 3 heteroatoms. The van der Waals surface area contributed by atoms with E-state index >= 15 is 0 Å². The Morgan fingerprint density at radius 3 is 2.75 bits per heavy atom. The molecule has 16 heavy (non-hydrogen) atoms. The van der Waals surface area contributed by atoms with Crippen LogP contribution < -0.4 is 5.32 Å². The summed E-state index contributed by atoms with van der Waals surface area (Å²) >= 11 is 3.46. The fourth-order valence-corrected chi connectivity index (χ4v) is 2.89. The second kappa shape index (κ2) is 5.28. The van der Waals surface area contributed by atoms with E-state index in [9.17, 15) is 4.39 Å². The number of hydrogen-bond acceptors (Lipinski definition) is 1. The highest BCUT2D eigenvalue weighted by Crippen LogP contribution is 2.40. The van der Waals surface area contributed by atoms with E-state index in [0.717, 1.165) is 16.6 Å². The normalized spacial score (nSPS) is 18.2. The maximum atomic E-state index is 13.9. The summed E-state index contributed by atoms with van der Waals surface area (Å²) in [5, 5.41) is 3.41. The molecule has 0 aliphatic heterocycles. The van der Waals surface area contributed by atoms with Crippen molar-refractivity contribution in [3.05, 3.63) is 34.1 Å². The Kier molecular flexibility index (Phi) is 3.98. The molecule has 0 radical (unpaired) electrons. The van der Waals surface area contributed by atoms with Crippen LogP contribution in [-0.2, 0) is 0 Å². The van der Waals surface area contributed by atoms with Gasteiger partial charge >= 0.3 is 0 Å². The first-order valence-electron chi connectivity index (χ1n) is 5.91. The van der Waals surface area contributed by atoms with Crippen molar-refractivity contribution >= 4 is 15.9 Å². The maximum Gasteiger partial charge on any atom is 0.129 e. The van der Waals surface area contributed by atoms with Crippen molar-refractivity contribution in [3.63, 3.8) is 0 Å². The van der Waals surface area contributed by atoms with Crippen LogP contribution in [0.5, 0.6) is 0 Å². The molecule has 0 aromatic heterocycles. The lowest BCUT2D eigenvalue weighted by molar-refractivity contribution is 0.228. The predicted molar refractivity (Wildman–Crippen MR) is 67.9 cm³/mol. The van der Waals surface area contributed by atoms with Gasteiger partial charge < -0.3 is 5.32 Å². The average molecular weight is 286 g/mol. The van der Waals surface area contributed by atoms with Crippen molar-refractivity contribution in [3.8, 4) is 0 Å². The zero-order valence-electron chi connectivity index (χ0n) is 9.47. The van der Waals surface area contributed by atoms with Crippen molar-refractivity contribution in [1.82, 2.24) is 5.32 Å². The zero-order valence-corrected chi connectivity index (χ0v) is 11.1. The van der Waals surface area contributed by atoms with Crippen molar-refractivity contribution in [2.45, 2.75) is 32.2 Å². The van der Waals surface area contributed by atoms with Gasteiger partial charge in [0.25, 0.3) is 0 Å². The van der Waals surface area contributed by atoms with E-state index in [2.05, 4.69) is 28.2 Å². The fourth-order valence-electron chi connectivity index (χ4n) is 2.31. The molecule has 0 spiro atoms. The second-order valence-electron chi connectivity index (χ2n) is 4.36. The molecule has 0 bridgehead atoms. The summed E-state index contributed by atoms with van der Waals surface area (Å²) < 4.78 is 14.8. The minimum Gasteiger partial charge on any atom is -0.310 e. The molecule has 1 aromatic carbocycles. The molecule has 88 valence electrons. The summed E-state index contributed by atoms with van der Waals surface area (Å²) in [7, 11) is 0.